The van der Waals surface area contributed by atoms with Crippen LogP contribution in [0.5, 0.6) is 11.5 Å². The Kier molecular flexibility index (Phi) is 8.26. The quantitative estimate of drug-likeness (QED) is 0.667. The maximum absolute atomic E-state index is 13.6. The lowest BCUT2D eigenvalue weighted by Gasteiger charge is -2.25. The number of amides is 1. The summed E-state index contributed by atoms with van der Waals surface area (Å²) in [5, 5.41) is 2.93. The molecule has 1 unspecified atom stereocenters. The Labute approximate surface area is 166 Å². The molecule has 28 heavy (non-hydrogen) atoms. The van der Waals surface area contributed by atoms with E-state index in [1.54, 1.807) is 24.3 Å². The molecule has 2 aromatic carbocycles. The van der Waals surface area contributed by atoms with Gasteiger partial charge in [0.15, 0.2) is 11.5 Å². The third-order valence-electron chi connectivity index (χ3n) is 4.28. The number of carbonyl (C=O) groups excluding carboxylic acids is 1. The maximum atomic E-state index is 13.6. The SMILES string of the molecule is CCCOc1ccc(C(=O)NCC(c2cccc(F)c2)N(C)C)cc1OCC. The lowest BCUT2D eigenvalue weighted by molar-refractivity contribution is 0.0941. The molecule has 2 aromatic rings. The van der Waals surface area contributed by atoms with Crippen molar-refractivity contribution in [3.8, 4) is 11.5 Å². The first-order valence-electron chi connectivity index (χ1n) is 9.56. The molecule has 0 saturated carbocycles. The Balaban J connectivity index is 2.11. The van der Waals surface area contributed by atoms with Crippen molar-refractivity contribution < 1.29 is 18.7 Å². The summed E-state index contributed by atoms with van der Waals surface area (Å²) < 4.78 is 24.9. The number of likely N-dealkylation sites (N-methyl/N-ethyl adjacent to an activating group) is 1. The predicted octanol–water partition coefficient (Wildman–Crippen LogP) is 4.05. The highest BCUT2D eigenvalue weighted by molar-refractivity contribution is 5.94. The van der Waals surface area contributed by atoms with Crippen molar-refractivity contribution in [2.45, 2.75) is 26.3 Å². The highest BCUT2D eigenvalue weighted by Crippen LogP contribution is 2.29. The van der Waals surface area contributed by atoms with Crippen LogP contribution in [0, 0.1) is 5.82 Å². The van der Waals surface area contributed by atoms with Gasteiger partial charge in [-0.3, -0.25) is 4.79 Å². The van der Waals surface area contributed by atoms with E-state index in [1.807, 2.05) is 38.9 Å². The van der Waals surface area contributed by atoms with Gasteiger partial charge in [-0.1, -0.05) is 19.1 Å². The van der Waals surface area contributed by atoms with Crippen LogP contribution >= 0.6 is 0 Å². The second-order valence-electron chi connectivity index (χ2n) is 6.69. The van der Waals surface area contributed by atoms with Gasteiger partial charge in [0.2, 0.25) is 0 Å². The molecule has 0 fully saturated rings. The van der Waals surface area contributed by atoms with Gasteiger partial charge in [0.1, 0.15) is 5.82 Å². The van der Waals surface area contributed by atoms with E-state index < -0.39 is 0 Å². The van der Waals surface area contributed by atoms with Gasteiger partial charge in [-0.25, -0.2) is 4.39 Å². The normalized spacial score (nSPS) is 11.9. The minimum atomic E-state index is -0.292. The van der Waals surface area contributed by atoms with Crippen LogP contribution in [0.25, 0.3) is 0 Å². The van der Waals surface area contributed by atoms with E-state index in [0.29, 0.717) is 36.8 Å². The van der Waals surface area contributed by atoms with Crippen LogP contribution in [-0.4, -0.2) is 44.7 Å². The fourth-order valence-electron chi connectivity index (χ4n) is 2.85. The summed E-state index contributed by atoms with van der Waals surface area (Å²) in [6, 6.07) is 11.5. The van der Waals surface area contributed by atoms with Crippen LogP contribution in [-0.2, 0) is 0 Å². The van der Waals surface area contributed by atoms with E-state index in [2.05, 4.69) is 5.32 Å². The van der Waals surface area contributed by atoms with Crippen LogP contribution in [0.3, 0.4) is 0 Å². The monoisotopic (exact) mass is 388 g/mol. The summed E-state index contributed by atoms with van der Waals surface area (Å²) in [4.78, 5) is 14.6. The van der Waals surface area contributed by atoms with E-state index in [1.165, 1.54) is 12.1 Å². The molecule has 1 N–H and O–H groups in total. The molecule has 152 valence electrons. The molecule has 0 saturated heterocycles. The first-order valence-corrected chi connectivity index (χ1v) is 9.56. The summed E-state index contributed by atoms with van der Waals surface area (Å²) in [5.74, 6) is 0.676. The van der Waals surface area contributed by atoms with E-state index in [-0.39, 0.29) is 17.8 Å². The summed E-state index contributed by atoms with van der Waals surface area (Å²) in [6.07, 6.45) is 0.889. The molecular formula is C22H29FN2O3. The van der Waals surface area contributed by atoms with Gasteiger partial charge in [-0.05, 0) is 63.3 Å². The van der Waals surface area contributed by atoms with Crippen molar-refractivity contribution in [2.75, 3.05) is 33.9 Å². The van der Waals surface area contributed by atoms with E-state index >= 15 is 0 Å². The minimum Gasteiger partial charge on any atom is -0.490 e. The molecule has 1 atom stereocenters. The average Bonchev–Trinajstić information content (AvgIpc) is 2.67. The van der Waals surface area contributed by atoms with Gasteiger partial charge in [0.05, 0.1) is 19.3 Å². The molecule has 0 aliphatic carbocycles. The molecule has 0 spiro atoms. The second kappa shape index (κ2) is 10.7. The average molecular weight is 388 g/mol. The molecule has 0 aromatic heterocycles. The zero-order valence-electron chi connectivity index (χ0n) is 17.0. The molecule has 0 aliphatic rings. The number of carbonyl (C=O) groups is 1. The zero-order valence-corrected chi connectivity index (χ0v) is 17.0. The molecule has 6 heteroatoms. The van der Waals surface area contributed by atoms with Crippen LogP contribution < -0.4 is 14.8 Å². The lowest BCUT2D eigenvalue weighted by Crippen LogP contribution is -2.34. The standard InChI is InChI=1S/C22H29FN2O3/c1-5-12-28-20-11-10-17(14-21(20)27-6-2)22(26)24-15-19(25(3)4)16-8-7-9-18(23)13-16/h7-11,13-14,19H,5-6,12,15H2,1-4H3,(H,24,26). The Morgan fingerprint density at radius 3 is 2.54 bits per heavy atom. The van der Waals surface area contributed by atoms with Crippen LogP contribution in [0.15, 0.2) is 42.5 Å². The Hall–Kier alpha value is -2.60. The number of nitrogens with zero attached hydrogens (tertiary/aromatic N) is 1. The third-order valence-corrected chi connectivity index (χ3v) is 4.28. The highest BCUT2D eigenvalue weighted by atomic mass is 19.1. The smallest absolute Gasteiger partial charge is 0.251 e. The first-order chi connectivity index (χ1) is 13.5. The number of hydrogen-bond acceptors (Lipinski definition) is 4. The van der Waals surface area contributed by atoms with Crippen molar-refractivity contribution in [2.24, 2.45) is 0 Å². The van der Waals surface area contributed by atoms with E-state index in [9.17, 15) is 9.18 Å². The molecule has 1 amide bonds. The molecule has 0 heterocycles. The summed E-state index contributed by atoms with van der Waals surface area (Å²) in [7, 11) is 3.80. The van der Waals surface area contributed by atoms with Crippen molar-refractivity contribution in [3.63, 3.8) is 0 Å². The number of halogens is 1. The Morgan fingerprint density at radius 1 is 1.11 bits per heavy atom. The Bertz CT molecular complexity index is 780. The summed E-state index contributed by atoms with van der Waals surface area (Å²) in [5.41, 5.74) is 1.30. The molecule has 2 rings (SSSR count). The minimum absolute atomic E-state index is 0.141. The number of hydrogen-bond donors (Lipinski definition) is 1. The van der Waals surface area contributed by atoms with E-state index in [0.717, 1.165) is 12.0 Å². The van der Waals surface area contributed by atoms with E-state index in [4.69, 9.17) is 9.47 Å². The third kappa shape index (κ3) is 5.96. The largest absolute Gasteiger partial charge is 0.490 e. The fraction of sp³-hybridized carbons (Fsp3) is 0.409. The number of nitrogens with one attached hydrogen (secondary N) is 1. The van der Waals surface area contributed by atoms with Crippen LogP contribution in [0.1, 0.15) is 42.2 Å². The molecule has 5 nitrogen and oxygen atoms in total. The van der Waals surface area contributed by atoms with Gasteiger partial charge >= 0.3 is 0 Å². The number of benzene rings is 2. The van der Waals surface area contributed by atoms with Gasteiger partial charge < -0.3 is 19.7 Å². The second-order valence-corrected chi connectivity index (χ2v) is 6.69. The molecule has 0 radical (unpaired) electrons. The lowest BCUT2D eigenvalue weighted by atomic mass is 10.1. The first kappa shape index (κ1) is 21.7. The highest BCUT2D eigenvalue weighted by Gasteiger charge is 2.17. The molecular weight excluding hydrogens is 359 g/mol. The van der Waals surface area contributed by atoms with Gasteiger partial charge in [0, 0.05) is 12.1 Å². The van der Waals surface area contributed by atoms with Crippen molar-refractivity contribution in [3.05, 3.63) is 59.4 Å². The summed E-state index contributed by atoms with van der Waals surface area (Å²) >= 11 is 0. The van der Waals surface area contributed by atoms with Gasteiger partial charge in [-0.15, -0.1) is 0 Å². The van der Waals surface area contributed by atoms with Crippen molar-refractivity contribution >= 4 is 5.91 Å². The van der Waals surface area contributed by atoms with Crippen LogP contribution in [0.4, 0.5) is 4.39 Å². The topological polar surface area (TPSA) is 50.8 Å². The fourth-order valence-corrected chi connectivity index (χ4v) is 2.85. The summed E-state index contributed by atoms with van der Waals surface area (Å²) in [6.45, 7) is 5.34. The predicted molar refractivity (Wildman–Crippen MR) is 109 cm³/mol. The number of ether oxygens (including phenoxy) is 2. The maximum Gasteiger partial charge on any atom is 0.251 e. The van der Waals surface area contributed by atoms with Crippen molar-refractivity contribution in [1.29, 1.82) is 0 Å². The van der Waals surface area contributed by atoms with Gasteiger partial charge in [0.25, 0.3) is 5.91 Å². The number of rotatable bonds is 10. The Morgan fingerprint density at radius 2 is 1.89 bits per heavy atom. The molecule has 0 bridgehead atoms. The van der Waals surface area contributed by atoms with Crippen LogP contribution in [0.2, 0.25) is 0 Å². The zero-order chi connectivity index (χ0) is 20.5. The molecule has 0 aliphatic heterocycles. The van der Waals surface area contributed by atoms with Crippen molar-refractivity contribution in [1.82, 2.24) is 10.2 Å². The van der Waals surface area contributed by atoms with Gasteiger partial charge in [-0.2, -0.15) is 0 Å².